The Bertz CT molecular complexity index is 1060. The fourth-order valence-corrected chi connectivity index (χ4v) is 3.02. The number of fused-ring (bicyclic) bond motifs is 2. The number of nitrogens with one attached hydrogen (secondary N) is 1. The number of furan rings is 1. The Kier molecular flexibility index (Phi) is 4.15. The highest BCUT2D eigenvalue weighted by Crippen LogP contribution is 2.39. The third-order valence-corrected chi connectivity index (χ3v) is 4.36. The van der Waals surface area contributed by atoms with Gasteiger partial charge in [0.25, 0.3) is 11.6 Å². The summed E-state index contributed by atoms with van der Waals surface area (Å²) in [5.74, 6) is 0.186. The molecule has 1 amide bonds. The van der Waals surface area contributed by atoms with Crippen LogP contribution in [0, 0.1) is 17.0 Å². The van der Waals surface area contributed by atoms with Crippen molar-refractivity contribution in [3.63, 3.8) is 0 Å². The molecule has 0 atom stereocenters. The zero-order valence-corrected chi connectivity index (χ0v) is 14.5. The van der Waals surface area contributed by atoms with Crippen LogP contribution in [0.2, 0.25) is 0 Å². The molecule has 1 aromatic heterocycles. The van der Waals surface area contributed by atoms with Gasteiger partial charge in [-0.3, -0.25) is 14.9 Å². The van der Waals surface area contributed by atoms with Crippen LogP contribution in [0.5, 0.6) is 11.5 Å². The zero-order chi connectivity index (χ0) is 19.0. The van der Waals surface area contributed by atoms with Gasteiger partial charge in [-0.05, 0) is 13.0 Å². The maximum absolute atomic E-state index is 12.7. The number of amides is 1. The smallest absolute Gasteiger partial charge is 0.296 e. The number of para-hydroxylation sites is 1. The minimum Gasteiger partial charge on any atom is -0.489 e. The van der Waals surface area contributed by atoms with Crippen molar-refractivity contribution in [3.05, 3.63) is 57.8 Å². The molecular formula is C19H16N2O6. The molecule has 2 heterocycles. The van der Waals surface area contributed by atoms with Crippen LogP contribution in [0.3, 0.4) is 0 Å². The van der Waals surface area contributed by atoms with E-state index >= 15 is 0 Å². The van der Waals surface area contributed by atoms with E-state index in [1.165, 1.54) is 12.1 Å². The van der Waals surface area contributed by atoms with Gasteiger partial charge in [0.05, 0.1) is 24.2 Å². The summed E-state index contributed by atoms with van der Waals surface area (Å²) in [7, 11) is 0. The number of ether oxygens (including phenoxy) is 2. The lowest BCUT2D eigenvalue weighted by Gasteiger charge is -2.11. The van der Waals surface area contributed by atoms with Crippen LogP contribution in [0.15, 0.2) is 40.8 Å². The molecule has 8 nitrogen and oxygen atoms in total. The number of anilines is 1. The molecule has 0 saturated heterocycles. The maximum atomic E-state index is 12.7. The molecule has 138 valence electrons. The highest BCUT2D eigenvalue weighted by Gasteiger charge is 2.25. The van der Waals surface area contributed by atoms with Crippen molar-refractivity contribution < 1.29 is 23.6 Å². The minimum atomic E-state index is -0.574. The van der Waals surface area contributed by atoms with E-state index in [0.29, 0.717) is 36.5 Å². The first-order valence-corrected chi connectivity index (χ1v) is 8.42. The van der Waals surface area contributed by atoms with Gasteiger partial charge >= 0.3 is 0 Å². The fraction of sp³-hybridized carbons (Fsp3) is 0.211. The Morgan fingerprint density at radius 2 is 1.85 bits per heavy atom. The van der Waals surface area contributed by atoms with Gasteiger partial charge in [-0.1, -0.05) is 18.2 Å². The molecule has 3 aromatic rings. The SMILES string of the molecule is Cc1c(C(=O)Nc2cc3c(cc2[N+](=O)[O-])OCCCO3)oc2ccccc12. The number of benzene rings is 2. The molecule has 0 aliphatic carbocycles. The standard InChI is InChI=1S/C19H16N2O6/c1-11-12-5-2-3-6-15(12)27-18(11)19(22)20-13-9-16-17(10-14(13)21(23)24)26-8-4-7-25-16/h2-3,5-6,9-10H,4,7-8H2,1H3,(H,20,22). The first kappa shape index (κ1) is 16.9. The number of aryl methyl sites for hydroxylation is 1. The third-order valence-electron chi connectivity index (χ3n) is 4.36. The van der Waals surface area contributed by atoms with Crippen molar-refractivity contribution in [1.82, 2.24) is 0 Å². The van der Waals surface area contributed by atoms with Crippen LogP contribution in [-0.4, -0.2) is 24.0 Å². The summed E-state index contributed by atoms with van der Waals surface area (Å²) in [4.78, 5) is 23.6. The molecule has 0 bridgehead atoms. The van der Waals surface area contributed by atoms with E-state index in [1.54, 1.807) is 13.0 Å². The van der Waals surface area contributed by atoms with Gasteiger partial charge in [-0.25, -0.2) is 0 Å². The van der Waals surface area contributed by atoms with Crippen LogP contribution in [0.25, 0.3) is 11.0 Å². The molecule has 27 heavy (non-hydrogen) atoms. The molecular weight excluding hydrogens is 352 g/mol. The van der Waals surface area contributed by atoms with Gasteiger partial charge in [0.15, 0.2) is 17.3 Å². The number of hydrogen-bond acceptors (Lipinski definition) is 6. The van der Waals surface area contributed by atoms with E-state index < -0.39 is 10.8 Å². The number of nitro groups is 1. The van der Waals surface area contributed by atoms with Crippen LogP contribution >= 0.6 is 0 Å². The Hall–Kier alpha value is -3.55. The lowest BCUT2D eigenvalue weighted by Crippen LogP contribution is -2.13. The normalized spacial score (nSPS) is 13.2. The lowest BCUT2D eigenvalue weighted by atomic mass is 10.1. The Morgan fingerprint density at radius 3 is 2.56 bits per heavy atom. The van der Waals surface area contributed by atoms with Crippen LogP contribution < -0.4 is 14.8 Å². The summed E-state index contributed by atoms with van der Waals surface area (Å²) in [6.07, 6.45) is 0.669. The van der Waals surface area contributed by atoms with Gasteiger partial charge in [0.2, 0.25) is 0 Å². The molecule has 0 fully saturated rings. The van der Waals surface area contributed by atoms with Crippen LogP contribution in [0.4, 0.5) is 11.4 Å². The van der Waals surface area contributed by atoms with Crippen molar-refractivity contribution in [2.75, 3.05) is 18.5 Å². The Labute approximate surface area is 153 Å². The largest absolute Gasteiger partial charge is 0.489 e. The highest BCUT2D eigenvalue weighted by atomic mass is 16.6. The Balaban J connectivity index is 1.72. The highest BCUT2D eigenvalue weighted by molar-refractivity contribution is 6.07. The van der Waals surface area contributed by atoms with Crippen molar-refractivity contribution in [2.45, 2.75) is 13.3 Å². The summed E-state index contributed by atoms with van der Waals surface area (Å²) >= 11 is 0. The lowest BCUT2D eigenvalue weighted by molar-refractivity contribution is -0.384. The second-order valence-electron chi connectivity index (χ2n) is 6.13. The first-order valence-electron chi connectivity index (χ1n) is 8.42. The summed E-state index contributed by atoms with van der Waals surface area (Å²) in [5, 5.41) is 14.8. The van der Waals surface area contributed by atoms with E-state index in [-0.39, 0.29) is 22.9 Å². The first-order chi connectivity index (χ1) is 13.0. The van der Waals surface area contributed by atoms with Crippen LogP contribution in [-0.2, 0) is 0 Å². The average molecular weight is 368 g/mol. The summed E-state index contributed by atoms with van der Waals surface area (Å²) in [5.41, 5.74) is 0.990. The van der Waals surface area contributed by atoms with E-state index in [9.17, 15) is 14.9 Å². The molecule has 1 aliphatic heterocycles. The van der Waals surface area contributed by atoms with E-state index in [4.69, 9.17) is 13.9 Å². The molecule has 8 heteroatoms. The molecule has 4 rings (SSSR count). The van der Waals surface area contributed by atoms with Crippen molar-refractivity contribution in [1.29, 1.82) is 0 Å². The minimum absolute atomic E-state index is 0.0223. The molecule has 0 saturated carbocycles. The fourth-order valence-electron chi connectivity index (χ4n) is 3.02. The molecule has 0 radical (unpaired) electrons. The predicted octanol–water partition coefficient (Wildman–Crippen LogP) is 4.06. The van der Waals surface area contributed by atoms with Crippen molar-refractivity contribution in [2.24, 2.45) is 0 Å². The van der Waals surface area contributed by atoms with Gasteiger partial charge < -0.3 is 19.2 Å². The zero-order valence-electron chi connectivity index (χ0n) is 14.5. The second-order valence-corrected chi connectivity index (χ2v) is 6.13. The van der Waals surface area contributed by atoms with Gasteiger partial charge in [0.1, 0.15) is 11.3 Å². The molecule has 1 N–H and O–H groups in total. The molecule has 0 unspecified atom stereocenters. The van der Waals surface area contributed by atoms with Gasteiger partial charge in [-0.15, -0.1) is 0 Å². The number of nitro benzene ring substituents is 1. The maximum Gasteiger partial charge on any atom is 0.296 e. The average Bonchev–Trinajstić information content (AvgIpc) is 2.83. The third kappa shape index (κ3) is 3.05. The van der Waals surface area contributed by atoms with E-state index in [0.717, 1.165) is 5.39 Å². The number of rotatable bonds is 3. The van der Waals surface area contributed by atoms with Crippen LogP contribution in [0.1, 0.15) is 22.5 Å². The molecule has 0 spiro atoms. The van der Waals surface area contributed by atoms with Crippen molar-refractivity contribution in [3.8, 4) is 11.5 Å². The number of nitrogens with zero attached hydrogens (tertiary/aromatic N) is 1. The monoisotopic (exact) mass is 368 g/mol. The number of hydrogen-bond donors (Lipinski definition) is 1. The van der Waals surface area contributed by atoms with Crippen molar-refractivity contribution >= 4 is 28.3 Å². The van der Waals surface area contributed by atoms with Gasteiger partial charge in [0, 0.05) is 23.4 Å². The van der Waals surface area contributed by atoms with Gasteiger partial charge in [-0.2, -0.15) is 0 Å². The summed E-state index contributed by atoms with van der Waals surface area (Å²) in [6, 6.07) is 9.94. The quantitative estimate of drug-likeness (QED) is 0.552. The predicted molar refractivity (Wildman–Crippen MR) is 97.6 cm³/mol. The van der Waals surface area contributed by atoms with E-state index in [1.807, 2.05) is 18.2 Å². The summed E-state index contributed by atoms with van der Waals surface area (Å²) < 4.78 is 16.7. The molecule has 1 aliphatic rings. The summed E-state index contributed by atoms with van der Waals surface area (Å²) in [6.45, 7) is 2.61. The number of carbonyl (C=O) groups excluding carboxylic acids is 1. The Morgan fingerprint density at radius 1 is 1.15 bits per heavy atom. The second kappa shape index (κ2) is 6.64. The molecule has 2 aromatic carbocycles. The topological polar surface area (TPSA) is 104 Å². The number of carbonyl (C=O) groups is 1. The van der Waals surface area contributed by atoms with E-state index in [2.05, 4.69) is 5.32 Å².